The summed E-state index contributed by atoms with van der Waals surface area (Å²) in [6.07, 6.45) is 1.22. The Hall–Kier alpha value is -2.15. The number of amides is 2. The fraction of sp³-hybridized carbons (Fsp3) is 0.435. The van der Waals surface area contributed by atoms with E-state index in [1.165, 1.54) is 6.07 Å². The highest BCUT2D eigenvalue weighted by Gasteiger charge is 2.36. The van der Waals surface area contributed by atoms with Gasteiger partial charge in [0, 0.05) is 42.3 Å². The van der Waals surface area contributed by atoms with Crippen LogP contribution in [0.15, 0.2) is 48.5 Å². The number of urea groups is 1. The molecule has 2 fully saturated rings. The van der Waals surface area contributed by atoms with Gasteiger partial charge in [0.05, 0.1) is 13.2 Å². The van der Waals surface area contributed by atoms with Gasteiger partial charge in [0.25, 0.3) is 0 Å². The Morgan fingerprint density at radius 1 is 1.17 bits per heavy atom. The minimum absolute atomic E-state index is 0.141. The van der Waals surface area contributed by atoms with Gasteiger partial charge in [0.1, 0.15) is 11.9 Å². The third kappa shape index (κ3) is 4.61. The summed E-state index contributed by atoms with van der Waals surface area (Å²) < 4.78 is 25.3. The zero-order chi connectivity index (χ0) is 21.0. The summed E-state index contributed by atoms with van der Waals surface area (Å²) in [5, 5.41) is 3.72. The van der Waals surface area contributed by atoms with Crippen molar-refractivity contribution in [3.63, 3.8) is 0 Å². The summed E-state index contributed by atoms with van der Waals surface area (Å²) in [5.74, 6) is -0.263. The molecule has 0 aliphatic carbocycles. The van der Waals surface area contributed by atoms with E-state index in [-0.39, 0.29) is 23.4 Å². The van der Waals surface area contributed by atoms with Crippen LogP contribution in [0.5, 0.6) is 0 Å². The lowest BCUT2D eigenvalue weighted by Crippen LogP contribution is -2.51. The van der Waals surface area contributed by atoms with Crippen molar-refractivity contribution in [1.82, 2.24) is 10.2 Å². The first-order valence-corrected chi connectivity index (χ1v) is 10.7. The maximum absolute atomic E-state index is 13.9. The summed E-state index contributed by atoms with van der Waals surface area (Å²) >= 11 is 6.30. The van der Waals surface area contributed by atoms with Gasteiger partial charge in [-0.1, -0.05) is 41.9 Å². The Kier molecular flexibility index (Phi) is 6.56. The van der Waals surface area contributed by atoms with Crippen molar-refractivity contribution in [3.8, 4) is 0 Å². The van der Waals surface area contributed by atoms with Gasteiger partial charge in [-0.15, -0.1) is 0 Å². The van der Waals surface area contributed by atoms with Gasteiger partial charge in [0.15, 0.2) is 0 Å². The highest BCUT2D eigenvalue weighted by molar-refractivity contribution is 6.31. The topological polar surface area (TPSA) is 50.8 Å². The van der Waals surface area contributed by atoms with Crippen LogP contribution in [-0.4, -0.2) is 50.4 Å². The van der Waals surface area contributed by atoms with Gasteiger partial charge in [-0.05, 0) is 36.6 Å². The summed E-state index contributed by atoms with van der Waals surface area (Å²) in [6.45, 7) is 3.03. The molecule has 7 heteroatoms. The maximum Gasteiger partial charge on any atom is 0.317 e. The Labute approximate surface area is 181 Å². The van der Waals surface area contributed by atoms with Crippen LogP contribution < -0.4 is 5.32 Å². The number of nitrogens with one attached hydrogen (secondary N) is 1. The SMILES string of the molecule is O=C(NCC1(c2cccc(F)c2)CCOCC1)N1CCOC(c2ccccc2Cl)C1. The van der Waals surface area contributed by atoms with Crippen molar-refractivity contribution in [2.75, 3.05) is 39.5 Å². The van der Waals surface area contributed by atoms with Gasteiger partial charge in [-0.3, -0.25) is 0 Å². The molecule has 2 saturated heterocycles. The molecule has 4 rings (SSSR count). The van der Waals surface area contributed by atoms with Gasteiger partial charge < -0.3 is 19.7 Å². The molecule has 1 N–H and O–H groups in total. The quantitative estimate of drug-likeness (QED) is 0.783. The Bertz CT molecular complexity index is 888. The van der Waals surface area contributed by atoms with E-state index >= 15 is 0 Å². The number of nitrogens with zero attached hydrogens (tertiary/aromatic N) is 1. The molecule has 2 aromatic rings. The van der Waals surface area contributed by atoms with Crippen LogP contribution in [0.2, 0.25) is 5.02 Å². The third-order valence-electron chi connectivity index (χ3n) is 6.07. The number of halogens is 2. The van der Waals surface area contributed by atoms with Gasteiger partial charge in [-0.2, -0.15) is 0 Å². The summed E-state index contributed by atoms with van der Waals surface area (Å²) in [7, 11) is 0. The van der Waals surface area contributed by atoms with E-state index in [2.05, 4.69) is 5.32 Å². The Morgan fingerprint density at radius 2 is 1.97 bits per heavy atom. The number of carbonyl (C=O) groups excluding carboxylic acids is 1. The zero-order valence-electron chi connectivity index (χ0n) is 16.8. The third-order valence-corrected chi connectivity index (χ3v) is 6.41. The molecule has 2 heterocycles. The molecule has 0 bridgehead atoms. The van der Waals surface area contributed by atoms with Crippen molar-refractivity contribution in [2.45, 2.75) is 24.4 Å². The maximum atomic E-state index is 13.9. The van der Waals surface area contributed by atoms with E-state index in [0.29, 0.717) is 44.5 Å². The van der Waals surface area contributed by atoms with Crippen LogP contribution >= 0.6 is 11.6 Å². The van der Waals surface area contributed by atoms with Crippen molar-refractivity contribution < 1.29 is 18.7 Å². The van der Waals surface area contributed by atoms with Crippen LogP contribution in [0.4, 0.5) is 9.18 Å². The van der Waals surface area contributed by atoms with E-state index in [9.17, 15) is 9.18 Å². The monoisotopic (exact) mass is 432 g/mol. The smallest absolute Gasteiger partial charge is 0.317 e. The van der Waals surface area contributed by atoms with Crippen LogP contribution in [0.3, 0.4) is 0 Å². The molecule has 0 saturated carbocycles. The first-order chi connectivity index (χ1) is 14.6. The van der Waals surface area contributed by atoms with Crippen LogP contribution in [0, 0.1) is 5.82 Å². The molecule has 0 radical (unpaired) electrons. The second kappa shape index (κ2) is 9.33. The van der Waals surface area contributed by atoms with Crippen molar-refractivity contribution in [2.24, 2.45) is 0 Å². The molecule has 0 aromatic heterocycles. The first kappa shape index (κ1) is 21.1. The highest BCUT2D eigenvalue weighted by atomic mass is 35.5. The molecule has 2 aliphatic heterocycles. The number of hydrogen-bond donors (Lipinski definition) is 1. The lowest BCUT2D eigenvalue weighted by atomic mass is 9.74. The predicted molar refractivity (Wildman–Crippen MR) is 113 cm³/mol. The van der Waals surface area contributed by atoms with Crippen molar-refractivity contribution >= 4 is 17.6 Å². The first-order valence-electron chi connectivity index (χ1n) is 10.3. The molecule has 5 nitrogen and oxygen atoms in total. The number of hydrogen-bond acceptors (Lipinski definition) is 3. The Balaban J connectivity index is 1.44. The second-order valence-corrected chi connectivity index (χ2v) is 8.30. The van der Waals surface area contributed by atoms with Crippen LogP contribution in [0.25, 0.3) is 0 Å². The van der Waals surface area contributed by atoms with E-state index in [0.717, 1.165) is 24.0 Å². The number of carbonyl (C=O) groups is 1. The van der Waals surface area contributed by atoms with Crippen molar-refractivity contribution in [3.05, 3.63) is 70.5 Å². The minimum Gasteiger partial charge on any atom is -0.381 e. The number of rotatable bonds is 4. The van der Waals surface area contributed by atoms with Crippen LogP contribution in [0.1, 0.15) is 30.1 Å². The lowest BCUT2D eigenvalue weighted by molar-refractivity contribution is -0.0159. The number of ether oxygens (including phenoxy) is 2. The number of benzene rings is 2. The molecule has 2 amide bonds. The molecule has 0 spiro atoms. The highest BCUT2D eigenvalue weighted by Crippen LogP contribution is 2.35. The van der Waals surface area contributed by atoms with E-state index in [4.69, 9.17) is 21.1 Å². The summed E-state index contributed by atoms with van der Waals surface area (Å²) in [5.41, 5.74) is 1.46. The van der Waals surface area contributed by atoms with Crippen molar-refractivity contribution in [1.29, 1.82) is 0 Å². The molecular formula is C23H26ClFN2O3. The average molecular weight is 433 g/mol. The molecule has 2 aliphatic rings. The lowest BCUT2D eigenvalue weighted by Gasteiger charge is -2.39. The van der Waals surface area contributed by atoms with E-state index in [1.807, 2.05) is 30.3 Å². The Morgan fingerprint density at radius 3 is 2.73 bits per heavy atom. The molecule has 2 aromatic carbocycles. The summed E-state index contributed by atoms with van der Waals surface area (Å²) in [6, 6.07) is 14.1. The standard InChI is InChI=1S/C23H26ClFN2O3/c24-20-7-2-1-6-19(20)21-15-27(10-13-30-21)22(28)26-16-23(8-11-29-12-9-23)17-4-3-5-18(25)14-17/h1-7,14,21H,8-13,15-16H2,(H,26,28). The van der Waals surface area contributed by atoms with E-state index in [1.54, 1.807) is 17.0 Å². The van der Waals surface area contributed by atoms with Gasteiger partial charge in [0.2, 0.25) is 0 Å². The fourth-order valence-corrected chi connectivity index (χ4v) is 4.52. The van der Waals surface area contributed by atoms with Crippen LogP contribution in [-0.2, 0) is 14.9 Å². The fourth-order valence-electron chi connectivity index (χ4n) is 4.26. The van der Waals surface area contributed by atoms with Gasteiger partial charge in [-0.25, -0.2) is 9.18 Å². The predicted octanol–water partition coefficient (Wildman–Crippen LogP) is 4.31. The average Bonchev–Trinajstić information content (AvgIpc) is 2.78. The number of morpholine rings is 1. The largest absolute Gasteiger partial charge is 0.381 e. The normalized spacial score (nSPS) is 21.3. The molecule has 1 unspecified atom stereocenters. The van der Waals surface area contributed by atoms with Gasteiger partial charge >= 0.3 is 6.03 Å². The minimum atomic E-state index is -0.329. The second-order valence-electron chi connectivity index (χ2n) is 7.89. The molecule has 160 valence electrons. The summed E-state index contributed by atoms with van der Waals surface area (Å²) in [4.78, 5) is 14.7. The zero-order valence-corrected chi connectivity index (χ0v) is 17.5. The van der Waals surface area contributed by atoms with E-state index < -0.39 is 0 Å². The molecular weight excluding hydrogens is 407 g/mol. The molecule has 1 atom stereocenters. The molecule has 30 heavy (non-hydrogen) atoms.